The predicted molar refractivity (Wildman–Crippen MR) is 138 cm³/mol. The van der Waals surface area contributed by atoms with Gasteiger partial charge >= 0.3 is 0 Å². The fraction of sp³-hybridized carbons (Fsp3) is 0.259. The summed E-state index contributed by atoms with van der Waals surface area (Å²) in [5, 5.41) is 5.03. The standard InChI is InChI=1S/C27H22F5N7O/c1-13(20-9-34-20)10-38-6-2-3-14(11-38)39-27-21(26(33)35-12-36-27)24(37-39)16-5-4-15(7-17(16)28)40-25-22(31)18(29)8-19(30)23(25)32/h4-5,7-8,12,14H,1-3,6,9-11H2,(H2,33,35,36). The van der Waals surface area contributed by atoms with E-state index in [1.807, 2.05) is 0 Å². The van der Waals surface area contributed by atoms with Gasteiger partial charge in [-0.15, -0.1) is 0 Å². The number of benzene rings is 2. The monoisotopic (exact) mass is 555 g/mol. The van der Waals surface area contributed by atoms with Crippen molar-refractivity contribution in [1.82, 2.24) is 24.6 Å². The van der Waals surface area contributed by atoms with Crippen LogP contribution in [0.3, 0.4) is 0 Å². The number of nitrogens with two attached hydrogens (primary N) is 1. The van der Waals surface area contributed by atoms with Crippen molar-refractivity contribution in [2.75, 3.05) is 31.9 Å². The highest BCUT2D eigenvalue weighted by atomic mass is 19.2. The second-order valence-electron chi connectivity index (χ2n) is 9.69. The summed E-state index contributed by atoms with van der Waals surface area (Å²) in [7, 11) is 0. The lowest BCUT2D eigenvalue weighted by molar-refractivity contribution is 0.186. The molecule has 1 unspecified atom stereocenters. The number of ether oxygens (including phenoxy) is 1. The predicted octanol–water partition coefficient (Wildman–Crippen LogP) is 5.21. The summed E-state index contributed by atoms with van der Waals surface area (Å²) < 4.78 is 77.4. The summed E-state index contributed by atoms with van der Waals surface area (Å²) in [4.78, 5) is 14.9. The first-order chi connectivity index (χ1) is 19.2. The van der Waals surface area contributed by atoms with Crippen molar-refractivity contribution in [2.45, 2.75) is 18.9 Å². The van der Waals surface area contributed by atoms with Crippen molar-refractivity contribution in [3.63, 3.8) is 0 Å². The van der Waals surface area contributed by atoms with E-state index in [1.54, 1.807) is 4.68 Å². The molecule has 1 saturated heterocycles. The van der Waals surface area contributed by atoms with Gasteiger partial charge in [-0.3, -0.25) is 9.89 Å². The van der Waals surface area contributed by atoms with Crippen LogP contribution in [0.4, 0.5) is 27.8 Å². The molecule has 2 aromatic carbocycles. The average Bonchev–Trinajstić information content (AvgIpc) is 3.71. The summed E-state index contributed by atoms with van der Waals surface area (Å²) in [5.74, 6) is -9.28. The van der Waals surface area contributed by atoms with Crippen LogP contribution in [0.25, 0.3) is 22.3 Å². The molecule has 2 aromatic heterocycles. The molecule has 0 spiro atoms. The van der Waals surface area contributed by atoms with Crippen LogP contribution in [0, 0.1) is 29.1 Å². The number of hydrogen-bond donors (Lipinski definition) is 1. The molecular weight excluding hydrogens is 533 g/mol. The van der Waals surface area contributed by atoms with E-state index in [2.05, 4.69) is 26.4 Å². The van der Waals surface area contributed by atoms with Gasteiger partial charge in [0.05, 0.1) is 23.7 Å². The molecule has 0 aliphatic carbocycles. The molecular formula is C27H22F5N7O. The summed E-state index contributed by atoms with van der Waals surface area (Å²) in [5.41, 5.74) is 8.79. The van der Waals surface area contributed by atoms with Gasteiger partial charge in [-0.25, -0.2) is 27.8 Å². The minimum absolute atomic E-state index is 0.00300. The topological polar surface area (TPSA) is 94.5 Å². The number of rotatable bonds is 7. The Balaban J connectivity index is 1.34. The van der Waals surface area contributed by atoms with Crippen molar-refractivity contribution >= 4 is 22.6 Å². The normalized spacial score (nSPS) is 17.2. The zero-order valence-electron chi connectivity index (χ0n) is 21.0. The number of piperidine rings is 1. The lowest BCUT2D eigenvalue weighted by atomic mass is 10.0. The van der Waals surface area contributed by atoms with Crippen molar-refractivity contribution in [3.05, 3.63) is 71.8 Å². The average molecular weight is 556 g/mol. The molecule has 1 fully saturated rings. The van der Waals surface area contributed by atoms with Crippen LogP contribution in [0.5, 0.6) is 11.5 Å². The Bertz CT molecular complexity index is 1680. The minimum Gasteiger partial charge on any atom is -0.451 e. The number of halogens is 5. The molecule has 2 N–H and O–H groups in total. The number of hydrogen-bond acceptors (Lipinski definition) is 7. The molecule has 4 heterocycles. The molecule has 206 valence electrons. The van der Waals surface area contributed by atoms with Crippen molar-refractivity contribution in [2.24, 2.45) is 4.99 Å². The number of nitrogen functional groups attached to an aromatic ring is 1. The van der Waals surface area contributed by atoms with Crippen LogP contribution < -0.4 is 10.5 Å². The second-order valence-corrected chi connectivity index (χ2v) is 9.69. The first kappa shape index (κ1) is 25.9. The lowest BCUT2D eigenvalue weighted by Gasteiger charge is -2.33. The molecule has 2 aliphatic heterocycles. The van der Waals surface area contributed by atoms with Gasteiger partial charge in [-0.1, -0.05) is 6.58 Å². The quantitative estimate of drug-likeness (QED) is 0.249. The molecule has 40 heavy (non-hydrogen) atoms. The molecule has 0 amide bonds. The first-order valence-electron chi connectivity index (χ1n) is 12.4. The van der Waals surface area contributed by atoms with Crippen LogP contribution in [-0.4, -0.2) is 56.5 Å². The summed E-state index contributed by atoms with van der Waals surface area (Å²) in [6.07, 6.45) is 3.01. The van der Waals surface area contributed by atoms with Crippen LogP contribution >= 0.6 is 0 Å². The van der Waals surface area contributed by atoms with E-state index in [0.717, 1.165) is 43.3 Å². The van der Waals surface area contributed by atoms with Gasteiger partial charge in [0.2, 0.25) is 17.4 Å². The largest absolute Gasteiger partial charge is 0.451 e. The van der Waals surface area contributed by atoms with Gasteiger partial charge in [-0.05, 0) is 37.1 Å². The highest BCUT2D eigenvalue weighted by Crippen LogP contribution is 2.37. The number of nitrogens with zero attached hydrogens (tertiary/aromatic N) is 6. The van der Waals surface area contributed by atoms with Crippen LogP contribution in [0.1, 0.15) is 18.9 Å². The van der Waals surface area contributed by atoms with Crippen molar-refractivity contribution in [1.29, 1.82) is 0 Å². The van der Waals surface area contributed by atoms with Crippen LogP contribution in [0.2, 0.25) is 0 Å². The van der Waals surface area contributed by atoms with E-state index >= 15 is 4.39 Å². The van der Waals surface area contributed by atoms with Gasteiger partial charge in [0.15, 0.2) is 17.3 Å². The Hall–Kier alpha value is -4.39. The molecule has 0 bridgehead atoms. The van der Waals surface area contributed by atoms with Gasteiger partial charge in [0.1, 0.15) is 29.4 Å². The van der Waals surface area contributed by atoms with E-state index in [4.69, 9.17) is 15.6 Å². The maximum Gasteiger partial charge on any atom is 0.204 e. The molecule has 0 radical (unpaired) electrons. The first-order valence-corrected chi connectivity index (χ1v) is 12.4. The van der Waals surface area contributed by atoms with Crippen LogP contribution in [-0.2, 0) is 0 Å². The van der Waals surface area contributed by atoms with Crippen LogP contribution in [0.15, 0.2) is 47.7 Å². The molecule has 13 heteroatoms. The van der Waals surface area contributed by atoms with E-state index < -0.39 is 34.8 Å². The Morgan fingerprint density at radius 2 is 1.80 bits per heavy atom. The molecule has 0 saturated carbocycles. The summed E-state index contributed by atoms with van der Waals surface area (Å²) in [6, 6.07) is 3.25. The maximum absolute atomic E-state index is 15.4. The Kier molecular flexibility index (Phi) is 6.45. The second kappa shape index (κ2) is 9.97. The molecule has 2 aliphatic rings. The van der Waals surface area contributed by atoms with Gasteiger partial charge in [0.25, 0.3) is 0 Å². The number of aromatic nitrogens is 4. The number of likely N-dealkylation sites (tertiary alicyclic amines) is 1. The molecule has 1 atom stereocenters. The van der Waals surface area contributed by atoms with E-state index in [9.17, 15) is 17.6 Å². The molecule has 6 rings (SSSR count). The van der Waals surface area contributed by atoms with Gasteiger partial charge in [0, 0.05) is 30.8 Å². The zero-order chi connectivity index (χ0) is 28.1. The third-order valence-corrected chi connectivity index (χ3v) is 6.97. The number of aliphatic imine (C=N–C) groups is 1. The number of anilines is 1. The highest BCUT2D eigenvalue weighted by Gasteiger charge is 2.29. The third kappa shape index (κ3) is 4.66. The fourth-order valence-electron chi connectivity index (χ4n) is 4.95. The summed E-state index contributed by atoms with van der Waals surface area (Å²) >= 11 is 0. The maximum atomic E-state index is 15.4. The van der Waals surface area contributed by atoms with Crippen molar-refractivity contribution in [3.8, 4) is 22.8 Å². The zero-order valence-corrected chi connectivity index (χ0v) is 21.0. The van der Waals surface area contributed by atoms with Crippen molar-refractivity contribution < 1.29 is 26.7 Å². The lowest BCUT2D eigenvalue weighted by Crippen LogP contribution is -2.38. The third-order valence-electron chi connectivity index (χ3n) is 6.97. The Morgan fingerprint density at radius 3 is 2.50 bits per heavy atom. The van der Waals surface area contributed by atoms with E-state index in [-0.39, 0.29) is 34.9 Å². The Morgan fingerprint density at radius 1 is 1.05 bits per heavy atom. The van der Waals surface area contributed by atoms with E-state index in [1.165, 1.54) is 18.5 Å². The summed E-state index contributed by atoms with van der Waals surface area (Å²) in [6.45, 7) is 7.08. The smallest absolute Gasteiger partial charge is 0.204 e. The molecule has 8 nitrogen and oxygen atoms in total. The SMILES string of the molecule is C=C(CN1CCCC(n2nc(-c3ccc(Oc4c(F)c(F)cc(F)c4F)cc3F)c3c(N)ncnc32)C1)C1=NC1. The minimum atomic E-state index is -1.74. The van der Waals surface area contributed by atoms with Gasteiger partial charge < -0.3 is 10.5 Å². The van der Waals surface area contributed by atoms with E-state index in [0.29, 0.717) is 24.1 Å². The number of fused-ring (bicyclic) bond motifs is 1. The molecule has 4 aromatic rings. The fourth-order valence-corrected chi connectivity index (χ4v) is 4.95. The Labute approximate surface area is 224 Å². The van der Waals surface area contributed by atoms with Gasteiger partial charge in [-0.2, -0.15) is 13.9 Å². The highest BCUT2D eigenvalue weighted by molar-refractivity contribution is 6.09.